The van der Waals surface area contributed by atoms with Gasteiger partial charge in [-0.25, -0.2) is 0 Å². The second kappa shape index (κ2) is 7.70. The Labute approximate surface area is 181 Å². The van der Waals surface area contributed by atoms with Crippen LogP contribution in [0.2, 0.25) is 0 Å². The second-order valence-corrected chi connectivity index (χ2v) is 9.44. The van der Waals surface area contributed by atoms with Gasteiger partial charge in [0.05, 0.1) is 5.41 Å². The van der Waals surface area contributed by atoms with Gasteiger partial charge in [0, 0.05) is 36.3 Å². The third-order valence-electron chi connectivity index (χ3n) is 6.72. The van der Waals surface area contributed by atoms with E-state index in [1.807, 2.05) is 13.8 Å². The predicted octanol–water partition coefficient (Wildman–Crippen LogP) is 2.83. The molecule has 0 aromatic rings. The first-order valence-electron chi connectivity index (χ1n) is 10.4. The zero-order valence-electron chi connectivity index (χ0n) is 18.7. The molecule has 3 aliphatic carbocycles. The standard InChI is InChI=1S/C24H28O7/c1-12-18(30-13(2)25)10-16-19(31-14(3)26)9-15-11-24(6,8-7-17(15)27)22(29)21(28)20(12)23(16,4)5/h7-9,16,18-19H,10-11H2,1-6H3/b15-9+/t16-,18-,19+,24+/m0/s1. The highest BCUT2D eigenvalue weighted by atomic mass is 16.5. The number of Topliss-reactive ketones (excluding diaryl/α,β-unsaturated/α-hetero) is 2. The van der Waals surface area contributed by atoms with Crippen molar-refractivity contribution in [3.05, 3.63) is 34.9 Å². The summed E-state index contributed by atoms with van der Waals surface area (Å²) in [5, 5.41) is 0. The van der Waals surface area contributed by atoms with Gasteiger partial charge < -0.3 is 9.47 Å². The molecular formula is C24H28O7. The van der Waals surface area contributed by atoms with Gasteiger partial charge in [-0.1, -0.05) is 19.9 Å². The Morgan fingerprint density at radius 1 is 1.03 bits per heavy atom. The van der Waals surface area contributed by atoms with Crippen LogP contribution in [0.3, 0.4) is 0 Å². The fourth-order valence-corrected chi connectivity index (χ4v) is 5.11. The lowest BCUT2D eigenvalue weighted by Crippen LogP contribution is -2.50. The number of hydrogen-bond acceptors (Lipinski definition) is 7. The normalized spacial score (nSPS) is 34.1. The van der Waals surface area contributed by atoms with Crippen LogP contribution in [0.15, 0.2) is 34.9 Å². The Bertz CT molecular complexity index is 978. The van der Waals surface area contributed by atoms with E-state index in [0.717, 1.165) is 0 Å². The zero-order chi connectivity index (χ0) is 23.3. The number of ketones is 3. The minimum Gasteiger partial charge on any atom is -0.458 e. The first kappa shape index (κ1) is 22.8. The smallest absolute Gasteiger partial charge is 0.303 e. The van der Waals surface area contributed by atoms with Crippen LogP contribution in [0.4, 0.5) is 0 Å². The van der Waals surface area contributed by atoms with E-state index in [9.17, 15) is 24.0 Å². The Balaban J connectivity index is 2.31. The van der Waals surface area contributed by atoms with Gasteiger partial charge in [0.2, 0.25) is 11.6 Å². The number of hydrogen-bond donors (Lipinski definition) is 0. The molecule has 31 heavy (non-hydrogen) atoms. The van der Waals surface area contributed by atoms with Crippen molar-refractivity contribution in [1.29, 1.82) is 0 Å². The molecule has 0 aromatic carbocycles. The average Bonchev–Trinajstić information content (AvgIpc) is 2.64. The highest BCUT2D eigenvalue weighted by Gasteiger charge is 2.53. The van der Waals surface area contributed by atoms with Crippen LogP contribution < -0.4 is 0 Å². The molecule has 0 aliphatic heterocycles. The van der Waals surface area contributed by atoms with E-state index >= 15 is 0 Å². The highest BCUT2D eigenvalue weighted by molar-refractivity contribution is 6.46. The number of esters is 2. The molecule has 3 rings (SSSR count). The minimum atomic E-state index is -1.19. The molecular weight excluding hydrogens is 400 g/mol. The molecule has 0 aromatic heterocycles. The molecule has 4 bridgehead atoms. The Morgan fingerprint density at radius 3 is 2.23 bits per heavy atom. The molecule has 0 N–H and O–H groups in total. The van der Waals surface area contributed by atoms with Gasteiger partial charge in [-0.05, 0) is 44.4 Å². The summed E-state index contributed by atoms with van der Waals surface area (Å²) in [7, 11) is 0. The lowest BCUT2D eigenvalue weighted by Gasteiger charge is -2.47. The van der Waals surface area contributed by atoms with Crippen molar-refractivity contribution in [2.24, 2.45) is 16.7 Å². The first-order valence-corrected chi connectivity index (χ1v) is 10.4. The number of rotatable bonds is 2. The second-order valence-electron chi connectivity index (χ2n) is 9.44. The number of carbonyl (C=O) groups is 5. The molecule has 166 valence electrons. The lowest BCUT2D eigenvalue weighted by atomic mass is 9.59. The SMILES string of the molecule is CC(=O)O[C@H]1C[C@H]2[C@H](OC(C)=O)/C=C3\C[C@@](C)(C=CC3=O)C(=O)C(=O)C(=C1C)C2(C)C. The molecule has 0 saturated carbocycles. The van der Waals surface area contributed by atoms with E-state index in [2.05, 4.69) is 0 Å². The Morgan fingerprint density at radius 2 is 1.65 bits per heavy atom. The lowest BCUT2D eigenvalue weighted by molar-refractivity contribution is -0.154. The molecule has 7 nitrogen and oxygen atoms in total. The summed E-state index contributed by atoms with van der Waals surface area (Å²) in [5.74, 6) is -3.10. The first-order chi connectivity index (χ1) is 14.3. The predicted molar refractivity (Wildman–Crippen MR) is 111 cm³/mol. The van der Waals surface area contributed by atoms with Crippen molar-refractivity contribution in [3.63, 3.8) is 0 Å². The summed E-state index contributed by atoms with van der Waals surface area (Å²) in [4.78, 5) is 63.1. The van der Waals surface area contributed by atoms with Crippen molar-refractivity contribution >= 4 is 29.3 Å². The van der Waals surface area contributed by atoms with Gasteiger partial charge in [-0.3, -0.25) is 24.0 Å². The van der Waals surface area contributed by atoms with Crippen LogP contribution in [0.25, 0.3) is 0 Å². The van der Waals surface area contributed by atoms with Crippen LogP contribution in [-0.4, -0.2) is 41.5 Å². The van der Waals surface area contributed by atoms with Crippen LogP contribution in [0.1, 0.15) is 54.4 Å². The van der Waals surface area contributed by atoms with E-state index in [1.165, 1.54) is 26.0 Å². The molecule has 0 spiro atoms. The maximum absolute atomic E-state index is 13.6. The van der Waals surface area contributed by atoms with Crippen LogP contribution in [-0.2, 0) is 33.4 Å². The van der Waals surface area contributed by atoms with Gasteiger partial charge in [0.25, 0.3) is 0 Å². The number of ether oxygens (including phenoxy) is 2. The zero-order valence-corrected chi connectivity index (χ0v) is 18.7. The fourth-order valence-electron chi connectivity index (χ4n) is 5.11. The van der Waals surface area contributed by atoms with Crippen LogP contribution in [0.5, 0.6) is 0 Å². The summed E-state index contributed by atoms with van der Waals surface area (Å²) in [6.07, 6.45) is 3.15. The molecule has 0 heterocycles. The molecule has 0 fully saturated rings. The van der Waals surface area contributed by atoms with E-state index in [-0.39, 0.29) is 24.2 Å². The summed E-state index contributed by atoms with van der Waals surface area (Å²) >= 11 is 0. The van der Waals surface area contributed by atoms with Crippen molar-refractivity contribution in [1.82, 2.24) is 0 Å². The van der Waals surface area contributed by atoms with Gasteiger partial charge in [-0.15, -0.1) is 0 Å². The quantitative estimate of drug-likeness (QED) is 0.492. The van der Waals surface area contributed by atoms with E-state index in [4.69, 9.17) is 9.47 Å². The number of carbonyl (C=O) groups excluding carboxylic acids is 5. The number of fused-ring (bicyclic) bond motifs is 4. The number of allylic oxidation sites excluding steroid dienone is 4. The molecule has 0 radical (unpaired) electrons. The summed E-state index contributed by atoms with van der Waals surface area (Å²) in [6, 6.07) is 0. The van der Waals surface area contributed by atoms with Gasteiger partial charge in [0.1, 0.15) is 12.2 Å². The maximum atomic E-state index is 13.6. The monoisotopic (exact) mass is 428 g/mol. The minimum absolute atomic E-state index is 0.0531. The van der Waals surface area contributed by atoms with Crippen LogP contribution in [0, 0.1) is 16.7 Å². The third kappa shape index (κ3) is 3.93. The Hall–Kier alpha value is -2.83. The van der Waals surface area contributed by atoms with Crippen molar-refractivity contribution in [3.8, 4) is 0 Å². The summed E-state index contributed by atoms with van der Waals surface area (Å²) < 4.78 is 11.1. The Kier molecular flexibility index (Phi) is 5.67. The topological polar surface area (TPSA) is 104 Å². The molecule has 7 heteroatoms. The van der Waals surface area contributed by atoms with Gasteiger partial charge in [0.15, 0.2) is 5.78 Å². The fraction of sp³-hybridized carbons (Fsp3) is 0.542. The van der Waals surface area contributed by atoms with Crippen molar-refractivity contribution in [2.75, 3.05) is 0 Å². The maximum Gasteiger partial charge on any atom is 0.303 e. The molecule has 4 atom stereocenters. The summed E-state index contributed by atoms with van der Waals surface area (Å²) in [5.41, 5.74) is -0.935. The van der Waals surface area contributed by atoms with E-state index < -0.39 is 52.5 Å². The molecule has 3 aliphatic rings. The van der Waals surface area contributed by atoms with Gasteiger partial charge in [-0.2, -0.15) is 0 Å². The molecule has 0 saturated heterocycles. The van der Waals surface area contributed by atoms with E-state index in [0.29, 0.717) is 11.1 Å². The summed E-state index contributed by atoms with van der Waals surface area (Å²) in [6.45, 7) is 9.51. The van der Waals surface area contributed by atoms with Crippen molar-refractivity contribution in [2.45, 2.75) is 66.6 Å². The molecule has 0 amide bonds. The van der Waals surface area contributed by atoms with Crippen molar-refractivity contribution < 1.29 is 33.4 Å². The average molecular weight is 428 g/mol. The van der Waals surface area contributed by atoms with Gasteiger partial charge >= 0.3 is 11.9 Å². The largest absolute Gasteiger partial charge is 0.458 e. The molecule has 0 unspecified atom stereocenters. The van der Waals surface area contributed by atoms with Crippen LogP contribution >= 0.6 is 0 Å². The highest BCUT2D eigenvalue weighted by Crippen LogP contribution is 2.50. The van der Waals surface area contributed by atoms with E-state index in [1.54, 1.807) is 19.9 Å². The third-order valence-corrected chi connectivity index (χ3v) is 6.72.